The summed E-state index contributed by atoms with van der Waals surface area (Å²) in [6, 6.07) is 6.52. The molecule has 1 aromatic carbocycles. The van der Waals surface area contributed by atoms with Crippen molar-refractivity contribution in [1.82, 2.24) is 4.90 Å². The Balaban J connectivity index is 2.01. The quantitative estimate of drug-likeness (QED) is 0.844. The number of benzene rings is 1. The molecule has 0 radical (unpaired) electrons. The van der Waals surface area contributed by atoms with E-state index in [9.17, 15) is 0 Å². The Labute approximate surface area is 127 Å². The Morgan fingerprint density at radius 3 is 2.90 bits per heavy atom. The molecule has 0 aromatic heterocycles. The summed E-state index contributed by atoms with van der Waals surface area (Å²) in [5.41, 5.74) is 2.64. The molecule has 0 fully saturated rings. The van der Waals surface area contributed by atoms with Crippen LogP contribution in [0.15, 0.2) is 24.3 Å². The summed E-state index contributed by atoms with van der Waals surface area (Å²) in [5, 5.41) is 0. The molecule has 3 heteroatoms. The summed E-state index contributed by atoms with van der Waals surface area (Å²) in [6.07, 6.45) is 4.85. The van der Waals surface area contributed by atoms with E-state index in [4.69, 9.17) is 9.47 Å². The molecule has 2 aliphatic rings. The maximum absolute atomic E-state index is 6.00. The van der Waals surface area contributed by atoms with Gasteiger partial charge >= 0.3 is 0 Å². The van der Waals surface area contributed by atoms with E-state index < -0.39 is 0 Å². The Kier molecular flexibility index (Phi) is 4.20. The van der Waals surface area contributed by atoms with E-state index in [1.54, 1.807) is 7.11 Å². The second kappa shape index (κ2) is 6.10. The highest BCUT2D eigenvalue weighted by molar-refractivity contribution is 5.77. The molecule has 2 aliphatic heterocycles. The second-order valence-electron chi connectivity index (χ2n) is 5.97. The third-order valence-corrected chi connectivity index (χ3v) is 4.61. The number of hydrogen-bond acceptors (Lipinski definition) is 3. The highest BCUT2D eigenvalue weighted by atomic mass is 16.5. The Morgan fingerprint density at radius 2 is 2.19 bits per heavy atom. The fourth-order valence-electron chi connectivity index (χ4n) is 3.44. The molecule has 3 rings (SSSR count). The van der Waals surface area contributed by atoms with Gasteiger partial charge in [-0.1, -0.05) is 19.9 Å². The van der Waals surface area contributed by atoms with Crippen molar-refractivity contribution in [2.45, 2.75) is 32.7 Å². The van der Waals surface area contributed by atoms with Crippen molar-refractivity contribution >= 4 is 5.57 Å². The molecule has 0 spiro atoms. The van der Waals surface area contributed by atoms with E-state index in [1.807, 2.05) is 12.1 Å². The van der Waals surface area contributed by atoms with Gasteiger partial charge in [-0.2, -0.15) is 0 Å². The van der Waals surface area contributed by atoms with Crippen molar-refractivity contribution in [3.8, 4) is 11.5 Å². The van der Waals surface area contributed by atoms with Gasteiger partial charge in [-0.3, -0.25) is 4.90 Å². The normalized spacial score (nSPS) is 24.6. The van der Waals surface area contributed by atoms with Gasteiger partial charge in [-0.15, -0.1) is 0 Å². The summed E-state index contributed by atoms with van der Waals surface area (Å²) in [5.74, 6) is 2.53. The molecule has 21 heavy (non-hydrogen) atoms. The minimum Gasteiger partial charge on any atom is -0.497 e. The minimum absolute atomic E-state index is 0.396. The smallest absolute Gasteiger partial charge is 0.127 e. The van der Waals surface area contributed by atoms with Crippen LogP contribution in [-0.2, 0) is 0 Å². The number of rotatable bonds is 4. The standard InChI is InChI=1S/C18H25NO2/c1-4-8-19-11-13(5-2)9-15-16-10-14(20-3)6-7-18(16)21-12-17(15)19/h6-7,9-10,13,17H,4-5,8,11-12H2,1-3H3/t13-,17-/m0/s1. The van der Waals surface area contributed by atoms with Crippen molar-refractivity contribution in [2.24, 2.45) is 5.92 Å². The third kappa shape index (κ3) is 2.67. The number of ether oxygens (including phenoxy) is 2. The van der Waals surface area contributed by atoms with Gasteiger partial charge in [0.25, 0.3) is 0 Å². The third-order valence-electron chi connectivity index (χ3n) is 4.61. The Hall–Kier alpha value is -1.48. The van der Waals surface area contributed by atoms with Crippen molar-refractivity contribution in [2.75, 3.05) is 26.8 Å². The molecule has 0 unspecified atom stereocenters. The summed E-state index contributed by atoms with van der Waals surface area (Å²) in [6.45, 7) is 7.58. The molecule has 1 aromatic rings. The van der Waals surface area contributed by atoms with Crippen LogP contribution >= 0.6 is 0 Å². The van der Waals surface area contributed by atoms with Crippen LogP contribution in [-0.4, -0.2) is 37.7 Å². The number of methoxy groups -OCH3 is 1. The molecule has 0 amide bonds. The van der Waals surface area contributed by atoms with E-state index in [-0.39, 0.29) is 0 Å². The second-order valence-corrected chi connectivity index (χ2v) is 5.97. The van der Waals surface area contributed by atoms with Gasteiger partial charge in [-0.05, 0) is 49.1 Å². The number of nitrogens with zero attached hydrogens (tertiary/aromatic N) is 1. The summed E-state index contributed by atoms with van der Waals surface area (Å²) < 4.78 is 11.4. The van der Waals surface area contributed by atoms with Crippen LogP contribution in [0.4, 0.5) is 0 Å². The first-order chi connectivity index (χ1) is 10.3. The van der Waals surface area contributed by atoms with E-state index in [0.29, 0.717) is 12.0 Å². The first-order valence-corrected chi connectivity index (χ1v) is 8.03. The molecule has 2 atom stereocenters. The fraction of sp³-hybridized carbons (Fsp3) is 0.556. The topological polar surface area (TPSA) is 21.7 Å². The largest absolute Gasteiger partial charge is 0.497 e. The van der Waals surface area contributed by atoms with Gasteiger partial charge in [0.1, 0.15) is 18.1 Å². The van der Waals surface area contributed by atoms with Gasteiger partial charge in [0, 0.05) is 12.1 Å². The van der Waals surface area contributed by atoms with Gasteiger partial charge in [0.05, 0.1) is 13.2 Å². The van der Waals surface area contributed by atoms with Crippen LogP contribution in [0, 0.1) is 5.92 Å². The summed E-state index contributed by atoms with van der Waals surface area (Å²) in [4.78, 5) is 2.59. The summed E-state index contributed by atoms with van der Waals surface area (Å²) in [7, 11) is 1.72. The van der Waals surface area contributed by atoms with Crippen LogP contribution in [0.25, 0.3) is 5.57 Å². The molecule has 0 N–H and O–H groups in total. The van der Waals surface area contributed by atoms with Crippen LogP contribution in [0.1, 0.15) is 32.3 Å². The van der Waals surface area contributed by atoms with Gasteiger partial charge < -0.3 is 9.47 Å². The lowest BCUT2D eigenvalue weighted by Gasteiger charge is -2.42. The predicted molar refractivity (Wildman–Crippen MR) is 85.9 cm³/mol. The average molecular weight is 287 g/mol. The highest BCUT2D eigenvalue weighted by Crippen LogP contribution is 2.40. The molecule has 2 heterocycles. The fourth-order valence-corrected chi connectivity index (χ4v) is 3.44. The summed E-state index contributed by atoms with van der Waals surface area (Å²) >= 11 is 0. The molecular formula is C18H25NO2. The van der Waals surface area contributed by atoms with Crippen molar-refractivity contribution in [3.05, 3.63) is 29.8 Å². The van der Waals surface area contributed by atoms with E-state index >= 15 is 0 Å². The van der Waals surface area contributed by atoms with Crippen LogP contribution < -0.4 is 9.47 Å². The zero-order chi connectivity index (χ0) is 14.8. The van der Waals surface area contributed by atoms with Crippen molar-refractivity contribution < 1.29 is 9.47 Å². The van der Waals surface area contributed by atoms with Gasteiger partial charge in [0.2, 0.25) is 0 Å². The van der Waals surface area contributed by atoms with E-state index in [2.05, 4.69) is 30.9 Å². The zero-order valence-electron chi connectivity index (χ0n) is 13.3. The van der Waals surface area contributed by atoms with Crippen LogP contribution in [0.2, 0.25) is 0 Å². The molecule has 0 bridgehead atoms. The number of fused-ring (bicyclic) bond motifs is 3. The molecule has 0 saturated heterocycles. The van der Waals surface area contributed by atoms with Crippen LogP contribution in [0.3, 0.4) is 0 Å². The van der Waals surface area contributed by atoms with Crippen LogP contribution in [0.5, 0.6) is 11.5 Å². The molecule has 114 valence electrons. The molecule has 0 saturated carbocycles. The molecule has 0 aliphatic carbocycles. The van der Waals surface area contributed by atoms with E-state index in [0.717, 1.165) is 31.2 Å². The SMILES string of the molecule is CCCN1C[C@@H](CC)C=C2c3cc(OC)ccc3OC[C@@H]21. The lowest BCUT2D eigenvalue weighted by atomic mass is 9.86. The molecular weight excluding hydrogens is 262 g/mol. The van der Waals surface area contributed by atoms with Gasteiger partial charge in [0.15, 0.2) is 0 Å². The maximum Gasteiger partial charge on any atom is 0.127 e. The lowest BCUT2D eigenvalue weighted by molar-refractivity contribution is 0.139. The Morgan fingerprint density at radius 1 is 1.33 bits per heavy atom. The first-order valence-electron chi connectivity index (χ1n) is 8.03. The van der Waals surface area contributed by atoms with E-state index in [1.165, 1.54) is 24.0 Å². The minimum atomic E-state index is 0.396. The highest BCUT2D eigenvalue weighted by Gasteiger charge is 2.34. The van der Waals surface area contributed by atoms with Gasteiger partial charge in [-0.25, -0.2) is 0 Å². The van der Waals surface area contributed by atoms with Crippen molar-refractivity contribution in [1.29, 1.82) is 0 Å². The first kappa shape index (κ1) is 14.5. The van der Waals surface area contributed by atoms with Crippen molar-refractivity contribution in [3.63, 3.8) is 0 Å². The Bertz CT molecular complexity index is 538. The monoisotopic (exact) mass is 287 g/mol. The average Bonchev–Trinajstić information content (AvgIpc) is 2.54. The maximum atomic E-state index is 6.00. The number of hydrogen-bond donors (Lipinski definition) is 0. The lowest BCUT2D eigenvalue weighted by Crippen LogP contribution is -2.47. The predicted octanol–water partition coefficient (Wildman–Crippen LogP) is 3.59. The zero-order valence-corrected chi connectivity index (χ0v) is 13.3. The molecule has 3 nitrogen and oxygen atoms in total.